The summed E-state index contributed by atoms with van der Waals surface area (Å²) in [7, 11) is 0. The van der Waals surface area contributed by atoms with Gasteiger partial charge in [-0.3, -0.25) is 0 Å². The monoisotopic (exact) mass is 470 g/mol. The molecule has 0 amide bonds. The summed E-state index contributed by atoms with van der Waals surface area (Å²) in [5, 5.41) is 4.15. The quantitative estimate of drug-likeness (QED) is 0.371. The van der Waals surface area contributed by atoms with Gasteiger partial charge < -0.3 is 14.6 Å². The van der Waals surface area contributed by atoms with E-state index in [1.807, 2.05) is 0 Å². The fraction of sp³-hybridized carbons (Fsp3) is 0.931. The van der Waals surface area contributed by atoms with Crippen molar-refractivity contribution in [3.05, 3.63) is 0 Å². The van der Waals surface area contributed by atoms with Crippen molar-refractivity contribution in [2.75, 3.05) is 0 Å². The molecule has 4 rings (SSSR count). The molecule has 0 atom stereocenters. The molecule has 0 unspecified atom stereocenters. The second-order valence-corrected chi connectivity index (χ2v) is 12.5. The Labute approximate surface area is 211 Å². The van der Waals surface area contributed by atoms with Crippen LogP contribution in [0, 0.1) is 5.92 Å². The number of nitrogens with zero attached hydrogens (tertiary/aromatic N) is 3. The van der Waals surface area contributed by atoms with Crippen molar-refractivity contribution in [1.82, 2.24) is 10.1 Å². The maximum atomic E-state index is 5.71. The Hall–Kier alpha value is -0.995. The largest absolute Gasteiger partial charge is 0.452 e. The van der Waals surface area contributed by atoms with E-state index < -0.39 is 6.42 Å². The minimum absolute atomic E-state index is 0.515. The van der Waals surface area contributed by atoms with Gasteiger partial charge in [-0.15, -0.1) is 12.6 Å². The highest BCUT2D eigenvalue weighted by Gasteiger charge is 2.50. The first-order chi connectivity index (χ1) is 16.6. The van der Waals surface area contributed by atoms with Gasteiger partial charge >= 0.3 is 0 Å². The number of hydrogen-bond acceptors (Lipinski definition) is 3. The molecule has 0 aromatic carbocycles. The van der Waals surface area contributed by atoms with E-state index in [4.69, 9.17) is 4.99 Å². The SMILES string of the molecule is CCC[B-]1(CCC)N(C2CCCCC2)C(NC2CCCCC2)=NC(C2CCCCC2)=[N+]1C(C)C. The number of rotatable bonds is 8. The van der Waals surface area contributed by atoms with Crippen LogP contribution < -0.4 is 5.32 Å². The number of hydrogen-bond donors (Lipinski definition) is 1. The summed E-state index contributed by atoms with van der Waals surface area (Å²) in [6, 6.07) is 1.80. The normalized spacial score (nSPS) is 25.7. The number of nitrogens with one attached hydrogen (secondary N) is 1. The van der Waals surface area contributed by atoms with Crippen LogP contribution in [0.4, 0.5) is 0 Å². The Morgan fingerprint density at radius 2 is 1.35 bits per heavy atom. The van der Waals surface area contributed by atoms with Gasteiger partial charge in [-0.1, -0.05) is 84.5 Å². The van der Waals surface area contributed by atoms with Crippen molar-refractivity contribution in [2.24, 2.45) is 10.9 Å². The van der Waals surface area contributed by atoms with Crippen LogP contribution in [0.5, 0.6) is 0 Å². The van der Waals surface area contributed by atoms with E-state index in [2.05, 4.69) is 42.3 Å². The molecule has 1 heterocycles. The molecule has 4 nitrogen and oxygen atoms in total. The molecule has 194 valence electrons. The summed E-state index contributed by atoms with van der Waals surface area (Å²) in [6.07, 6.45) is 24.9. The highest BCUT2D eigenvalue weighted by Crippen LogP contribution is 2.38. The van der Waals surface area contributed by atoms with Gasteiger partial charge in [0.2, 0.25) is 0 Å². The Kier molecular flexibility index (Phi) is 9.44. The fourth-order valence-corrected chi connectivity index (χ4v) is 8.40. The molecule has 0 saturated heterocycles. The second-order valence-electron chi connectivity index (χ2n) is 12.5. The van der Waals surface area contributed by atoms with Gasteiger partial charge in [0.05, 0.1) is 5.92 Å². The summed E-state index contributed by atoms with van der Waals surface area (Å²) < 4.78 is 2.93. The summed E-state index contributed by atoms with van der Waals surface area (Å²) in [6.45, 7) is 9.77. The van der Waals surface area contributed by atoms with Crippen LogP contribution in [0.25, 0.3) is 0 Å². The molecule has 0 spiro atoms. The third-order valence-corrected chi connectivity index (χ3v) is 9.70. The number of amidine groups is 1. The van der Waals surface area contributed by atoms with Gasteiger partial charge in [0, 0.05) is 12.1 Å². The van der Waals surface area contributed by atoms with E-state index in [9.17, 15) is 0 Å². The van der Waals surface area contributed by atoms with E-state index in [1.165, 1.54) is 134 Å². The van der Waals surface area contributed by atoms with Crippen molar-refractivity contribution >= 4 is 18.2 Å². The van der Waals surface area contributed by atoms with Crippen LogP contribution in [0.2, 0.25) is 12.6 Å². The highest BCUT2D eigenvalue weighted by molar-refractivity contribution is 6.73. The summed E-state index contributed by atoms with van der Waals surface area (Å²) in [5.41, 5.74) is 0. The smallest absolute Gasteiger partial charge is 0.283 e. The lowest BCUT2D eigenvalue weighted by atomic mass is 9.37. The maximum Gasteiger partial charge on any atom is 0.283 e. The summed E-state index contributed by atoms with van der Waals surface area (Å²) in [5.74, 6) is 3.43. The molecule has 0 bridgehead atoms. The van der Waals surface area contributed by atoms with E-state index >= 15 is 0 Å². The number of aliphatic imine (C=N–C) groups is 1. The molecule has 3 saturated carbocycles. The van der Waals surface area contributed by atoms with Crippen LogP contribution in [0.3, 0.4) is 0 Å². The molecule has 34 heavy (non-hydrogen) atoms. The standard InChI is InChI=1S/C29H55BN4/c1-5-22-30(23-6-2)33(24(3)4)28(25-16-10-7-11-17-25)32-29(31-26-18-12-8-13-19-26)34(30)27-20-14-9-15-21-27/h24-27H,5-23H2,1-4H3,(H,31,32). The Morgan fingerprint density at radius 3 is 1.88 bits per heavy atom. The first-order valence-corrected chi connectivity index (χ1v) is 15.6. The molecule has 1 N–H and O–H groups in total. The maximum absolute atomic E-state index is 5.71. The first kappa shape index (κ1) is 26.1. The van der Waals surface area contributed by atoms with Gasteiger partial charge in [-0.25, -0.2) is 0 Å². The Bertz CT molecular complexity index is 691. The van der Waals surface area contributed by atoms with Gasteiger partial charge in [0.1, 0.15) is 0 Å². The molecule has 4 aliphatic rings. The second kappa shape index (κ2) is 12.3. The molecule has 5 heteroatoms. The Balaban J connectivity index is 1.84. The lowest BCUT2D eigenvalue weighted by molar-refractivity contribution is -0.452. The molecule has 1 aliphatic heterocycles. The lowest BCUT2D eigenvalue weighted by Gasteiger charge is -2.58. The van der Waals surface area contributed by atoms with Gasteiger partial charge in [0.15, 0.2) is 0 Å². The molecule has 0 aromatic rings. The fourth-order valence-electron chi connectivity index (χ4n) is 8.40. The zero-order chi connectivity index (χ0) is 24.0. The van der Waals surface area contributed by atoms with Crippen molar-refractivity contribution in [3.8, 4) is 0 Å². The van der Waals surface area contributed by atoms with Crippen LogP contribution in [0.1, 0.15) is 137 Å². The van der Waals surface area contributed by atoms with Crippen molar-refractivity contribution in [3.63, 3.8) is 0 Å². The zero-order valence-electron chi connectivity index (χ0n) is 23.2. The highest BCUT2D eigenvalue weighted by atomic mass is 15.4. The van der Waals surface area contributed by atoms with E-state index in [0.717, 1.165) is 0 Å². The van der Waals surface area contributed by atoms with Crippen LogP contribution >= 0.6 is 0 Å². The predicted molar refractivity (Wildman–Crippen MR) is 149 cm³/mol. The zero-order valence-corrected chi connectivity index (χ0v) is 23.2. The third kappa shape index (κ3) is 5.54. The molecule has 3 aliphatic carbocycles. The van der Waals surface area contributed by atoms with E-state index in [1.54, 1.807) is 0 Å². The van der Waals surface area contributed by atoms with Crippen molar-refractivity contribution < 1.29 is 4.49 Å². The van der Waals surface area contributed by atoms with Crippen LogP contribution in [0.15, 0.2) is 4.99 Å². The average molecular weight is 471 g/mol. The van der Waals surface area contributed by atoms with Crippen molar-refractivity contribution in [2.45, 2.75) is 168 Å². The lowest BCUT2D eigenvalue weighted by Crippen LogP contribution is -2.74. The van der Waals surface area contributed by atoms with Crippen LogP contribution in [-0.4, -0.2) is 45.6 Å². The molecule has 0 aromatic heterocycles. The summed E-state index contributed by atoms with van der Waals surface area (Å²) >= 11 is 0. The molecular weight excluding hydrogens is 415 g/mol. The van der Waals surface area contributed by atoms with Gasteiger partial charge in [-0.05, 0) is 63.4 Å². The average Bonchev–Trinajstić information content (AvgIpc) is 2.85. The molecule has 3 fully saturated rings. The van der Waals surface area contributed by atoms with Crippen LogP contribution in [-0.2, 0) is 0 Å². The van der Waals surface area contributed by atoms with Crippen molar-refractivity contribution in [1.29, 1.82) is 0 Å². The minimum atomic E-state index is -0.837. The predicted octanol–water partition coefficient (Wildman–Crippen LogP) is 7.57. The first-order valence-electron chi connectivity index (χ1n) is 15.6. The topological polar surface area (TPSA) is 30.6 Å². The van der Waals surface area contributed by atoms with Gasteiger partial charge in [-0.2, -0.15) is 0 Å². The minimum Gasteiger partial charge on any atom is -0.452 e. The van der Waals surface area contributed by atoms with Gasteiger partial charge in [0.25, 0.3) is 18.2 Å². The summed E-state index contributed by atoms with van der Waals surface area (Å²) in [4.78, 5) is 8.67. The van der Waals surface area contributed by atoms with E-state index in [-0.39, 0.29) is 0 Å². The Morgan fingerprint density at radius 1 is 0.824 bits per heavy atom. The molecular formula is C29H55BN4. The molecule has 0 radical (unpaired) electrons. The third-order valence-electron chi connectivity index (χ3n) is 9.70. The number of guanidine groups is 1. The van der Waals surface area contributed by atoms with E-state index in [0.29, 0.717) is 24.0 Å².